The first kappa shape index (κ1) is 17.2. The minimum absolute atomic E-state index is 0.0152. The van der Waals surface area contributed by atoms with E-state index in [1.54, 1.807) is 0 Å². The van der Waals surface area contributed by atoms with Crippen LogP contribution in [0.2, 0.25) is 5.02 Å². The molecule has 0 spiro atoms. The van der Waals surface area contributed by atoms with E-state index >= 15 is 0 Å². The van der Waals surface area contributed by atoms with Crippen molar-refractivity contribution in [1.82, 2.24) is 15.0 Å². The molecule has 0 aliphatic heterocycles. The second-order valence-corrected chi connectivity index (χ2v) is 6.21. The molecule has 8 heteroatoms. The molecule has 0 bridgehead atoms. The van der Waals surface area contributed by atoms with E-state index in [0.717, 1.165) is 28.6 Å². The van der Waals surface area contributed by atoms with Crippen LogP contribution in [0.1, 0.15) is 5.56 Å². The lowest BCUT2D eigenvalue weighted by atomic mass is 10.1. The molecule has 0 amide bonds. The Balaban J connectivity index is 1.64. The van der Waals surface area contributed by atoms with Gasteiger partial charge in [0.1, 0.15) is 18.2 Å². The second-order valence-electron chi connectivity index (χ2n) is 5.84. The number of aromatic nitrogens is 3. The number of anilines is 1. The fraction of sp³-hybridized carbons (Fsp3) is 0.0526. The summed E-state index contributed by atoms with van der Waals surface area (Å²) < 4.78 is 32.9. The Kier molecular flexibility index (Phi) is 4.37. The van der Waals surface area contributed by atoms with Crippen molar-refractivity contribution >= 4 is 28.3 Å². The highest BCUT2D eigenvalue weighted by atomic mass is 35.5. The maximum absolute atomic E-state index is 13.9. The Bertz CT molecular complexity index is 1150. The van der Waals surface area contributed by atoms with Gasteiger partial charge >= 0.3 is 0 Å². The number of nitrogens with two attached hydrogens (primary N) is 1. The lowest BCUT2D eigenvalue weighted by molar-refractivity contribution is 0.288. The van der Waals surface area contributed by atoms with Gasteiger partial charge in [-0.3, -0.25) is 0 Å². The number of halogens is 3. The van der Waals surface area contributed by atoms with E-state index in [0.29, 0.717) is 5.69 Å². The fourth-order valence-electron chi connectivity index (χ4n) is 2.68. The summed E-state index contributed by atoms with van der Waals surface area (Å²) in [6, 6.07) is 9.62. The van der Waals surface area contributed by atoms with Crippen molar-refractivity contribution in [3.63, 3.8) is 0 Å². The van der Waals surface area contributed by atoms with Crippen molar-refractivity contribution in [1.29, 1.82) is 0 Å². The normalized spacial score (nSPS) is 11.1. The number of H-pyrrole nitrogens is 1. The minimum Gasteiger partial charge on any atom is -0.470 e. The lowest BCUT2D eigenvalue weighted by Gasteiger charge is -2.11. The highest BCUT2D eigenvalue weighted by Crippen LogP contribution is 2.28. The van der Waals surface area contributed by atoms with Gasteiger partial charge in [-0.25, -0.2) is 18.7 Å². The zero-order valence-corrected chi connectivity index (χ0v) is 14.6. The summed E-state index contributed by atoms with van der Waals surface area (Å²) in [5.41, 5.74) is 8.04. The van der Waals surface area contributed by atoms with Crippen molar-refractivity contribution in [3.8, 4) is 17.1 Å². The van der Waals surface area contributed by atoms with Crippen LogP contribution in [0.5, 0.6) is 5.88 Å². The lowest BCUT2D eigenvalue weighted by Crippen LogP contribution is -2.06. The van der Waals surface area contributed by atoms with E-state index in [2.05, 4.69) is 15.0 Å². The first-order valence-electron chi connectivity index (χ1n) is 7.98. The Morgan fingerprint density at radius 1 is 1.11 bits per heavy atom. The molecule has 136 valence electrons. The van der Waals surface area contributed by atoms with E-state index in [1.165, 1.54) is 6.20 Å². The van der Waals surface area contributed by atoms with Crippen LogP contribution in [0.4, 0.5) is 14.6 Å². The van der Waals surface area contributed by atoms with Crippen LogP contribution >= 0.6 is 11.6 Å². The van der Waals surface area contributed by atoms with Crippen LogP contribution in [0.25, 0.3) is 22.2 Å². The summed E-state index contributed by atoms with van der Waals surface area (Å²) >= 11 is 5.81. The molecule has 2 aromatic carbocycles. The van der Waals surface area contributed by atoms with Gasteiger partial charge in [0.15, 0.2) is 5.82 Å². The van der Waals surface area contributed by atoms with Gasteiger partial charge in [-0.05, 0) is 30.3 Å². The van der Waals surface area contributed by atoms with Crippen LogP contribution in [0.3, 0.4) is 0 Å². The maximum Gasteiger partial charge on any atom is 0.258 e. The van der Waals surface area contributed by atoms with Crippen molar-refractivity contribution < 1.29 is 13.5 Å². The molecule has 0 radical (unpaired) electrons. The van der Waals surface area contributed by atoms with Crippen molar-refractivity contribution in [2.75, 3.05) is 5.73 Å². The van der Waals surface area contributed by atoms with E-state index in [1.807, 2.05) is 30.5 Å². The Morgan fingerprint density at radius 3 is 2.78 bits per heavy atom. The molecular formula is C19H13ClF2N4O. The van der Waals surface area contributed by atoms with Crippen LogP contribution < -0.4 is 10.5 Å². The molecule has 0 atom stereocenters. The van der Waals surface area contributed by atoms with Crippen LogP contribution in [0, 0.1) is 11.6 Å². The van der Waals surface area contributed by atoms with Crippen molar-refractivity contribution in [3.05, 3.63) is 71.0 Å². The highest BCUT2D eigenvalue weighted by molar-refractivity contribution is 6.31. The molecule has 2 aromatic heterocycles. The molecule has 0 aliphatic rings. The van der Waals surface area contributed by atoms with Crippen LogP contribution in [0.15, 0.2) is 48.8 Å². The zero-order valence-electron chi connectivity index (χ0n) is 13.8. The third-order valence-electron chi connectivity index (χ3n) is 4.11. The first-order chi connectivity index (χ1) is 13.0. The van der Waals surface area contributed by atoms with E-state index < -0.39 is 11.6 Å². The molecule has 0 saturated heterocycles. The summed E-state index contributed by atoms with van der Waals surface area (Å²) in [6.07, 6.45) is 3.36. The average molecular weight is 387 g/mol. The number of nitrogens with one attached hydrogen (secondary N) is 1. The number of hydrogen-bond acceptors (Lipinski definition) is 4. The molecule has 0 aliphatic carbocycles. The topological polar surface area (TPSA) is 76.8 Å². The summed E-state index contributed by atoms with van der Waals surface area (Å²) in [7, 11) is 0. The van der Waals surface area contributed by atoms with Gasteiger partial charge in [0.2, 0.25) is 0 Å². The van der Waals surface area contributed by atoms with Crippen LogP contribution in [-0.4, -0.2) is 15.0 Å². The second kappa shape index (κ2) is 6.85. The molecule has 0 saturated carbocycles. The van der Waals surface area contributed by atoms with Gasteiger partial charge in [-0.1, -0.05) is 17.7 Å². The van der Waals surface area contributed by atoms with Gasteiger partial charge in [-0.15, -0.1) is 0 Å². The fourth-order valence-corrected chi connectivity index (χ4v) is 2.89. The maximum atomic E-state index is 13.9. The predicted octanol–water partition coefficient (Wildman–Crippen LogP) is 4.72. The molecule has 0 fully saturated rings. The third kappa shape index (κ3) is 3.29. The van der Waals surface area contributed by atoms with E-state index in [-0.39, 0.29) is 28.9 Å². The number of rotatable bonds is 4. The van der Waals surface area contributed by atoms with Crippen molar-refractivity contribution in [2.45, 2.75) is 6.61 Å². The standard InChI is InChI=1S/C19H13ClF2N4O/c20-17-12(13(21)2-3-14(17)22)9-27-19-18(23)25-8-16(26-19)10-1-4-15-11(7-10)5-6-24-15/h1-8,24H,9H2,(H2,23,25). The van der Waals surface area contributed by atoms with Crippen LogP contribution in [-0.2, 0) is 6.61 Å². The third-order valence-corrected chi connectivity index (χ3v) is 4.52. The predicted molar refractivity (Wildman–Crippen MR) is 99.4 cm³/mol. The number of aromatic amines is 1. The highest BCUT2D eigenvalue weighted by Gasteiger charge is 2.15. The molecule has 4 rings (SSSR count). The molecule has 4 aromatic rings. The minimum atomic E-state index is -0.732. The van der Waals surface area contributed by atoms with Gasteiger partial charge in [0.05, 0.1) is 16.9 Å². The molecule has 27 heavy (non-hydrogen) atoms. The number of fused-ring (bicyclic) bond motifs is 1. The number of ether oxygens (including phenoxy) is 1. The molecule has 2 heterocycles. The number of hydrogen-bond donors (Lipinski definition) is 2. The van der Waals surface area contributed by atoms with E-state index in [4.69, 9.17) is 22.1 Å². The number of nitrogens with zero attached hydrogens (tertiary/aromatic N) is 2. The van der Waals surface area contributed by atoms with Crippen molar-refractivity contribution in [2.24, 2.45) is 0 Å². The van der Waals surface area contributed by atoms with Gasteiger partial charge in [0, 0.05) is 28.2 Å². The monoisotopic (exact) mass is 386 g/mol. The number of nitrogen functional groups attached to an aromatic ring is 1. The Morgan fingerprint density at radius 2 is 1.93 bits per heavy atom. The number of benzene rings is 2. The first-order valence-corrected chi connectivity index (χ1v) is 8.36. The van der Waals surface area contributed by atoms with Gasteiger partial charge < -0.3 is 15.5 Å². The smallest absolute Gasteiger partial charge is 0.258 e. The Labute approximate surface area is 157 Å². The summed E-state index contributed by atoms with van der Waals surface area (Å²) in [4.78, 5) is 11.5. The molecule has 5 nitrogen and oxygen atoms in total. The molecule has 0 unspecified atom stereocenters. The largest absolute Gasteiger partial charge is 0.470 e. The molecule has 3 N–H and O–H groups in total. The Hall–Kier alpha value is -3.19. The quantitative estimate of drug-likeness (QED) is 0.498. The SMILES string of the molecule is Nc1ncc(-c2ccc3[nH]ccc3c2)nc1OCc1c(F)ccc(F)c1Cl. The van der Waals surface area contributed by atoms with Gasteiger partial charge in [0.25, 0.3) is 5.88 Å². The zero-order chi connectivity index (χ0) is 19.0. The molecular weight excluding hydrogens is 374 g/mol. The summed E-state index contributed by atoms with van der Waals surface area (Å²) in [5, 5.41) is 0.679. The summed E-state index contributed by atoms with van der Waals surface area (Å²) in [5.74, 6) is -1.36. The van der Waals surface area contributed by atoms with E-state index in [9.17, 15) is 8.78 Å². The summed E-state index contributed by atoms with van der Waals surface area (Å²) in [6.45, 7) is -0.332. The van der Waals surface area contributed by atoms with Gasteiger partial charge in [-0.2, -0.15) is 0 Å². The average Bonchev–Trinajstić information content (AvgIpc) is 3.14.